The normalized spacial score (nSPS) is 12.0. The first-order valence-electron chi connectivity index (χ1n) is 7.95. The lowest BCUT2D eigenvalue weighted by Gasteiger charge is -2.06. The molecule has 0 spiro atoms. The topological polar surface area (TPSA) is 70.6 Å². The van der Waals surface area contributed by atoms with Crippen LogP contribution in [0.4, 0.5) is 0 Å². The summed E-state index contributed by atoms with van der Waals surface area (Å²) < 4.78 is 15.4. The van der Waals surface area contributed by atoms with Crippen molar-refractivity contribution in [1.82, 2.24) is 14.1 Å². The molecule has 0 fully saturated rings. The quantitative estimate of drug-likeness (QED) is 0.632. The van der Waals surface area contributed by atoms with Crippen LogP contribution in [0, 0.1) is 0 Å². The van der Waals surface area contributed by atoms with Crippen LogP contribution in [0.1, 0.15) is 17.5 Å². The van der Waals surface area contributed by atoms with E-state index in [1.807, 2.05) is 29.7 Å². The summed E-state index contributed by atoms with van der Waals surface area (Å²) in [5.74, 6) is 0.718. The highest BCUT2D eigenvalue weighted by Crippen LogP contribution is 2.23. The zero-order valence-electron chi connectivity index (χ0n) is 14.4. The second-order valence-corrected chi connectivity index (χ2v) is 6.35. The van der Waals surface area contributed by atoms with Gasteiger partial charge in [0.05, 0.1) is 23.9 Å². The molecule has 3 rings (SSSR count). The van der Waals surface area contributed by atoms with Crippen molar-refractivity contribution in [2.45, 2.75) is 13.5 Å². The van der Waals surface area contributed by atoms with Crippen molar-refractivity contribution >= 4 is 27.5 Å². The molecule has 0 N–H and O–H groups in total. The minimum atomic E-state index is -0.365. The number of rotatable bonds is 6. The first-order chi connectivity index (χ1) is 12.1. The number of thiazole rings is 1. The second kappa shape index (κ2) is 7.62. The van der Waals surface area contributed by atoms with Gasteiger partial charge in [-0.05, 0) is 25.1 Å². The van der Waals surface area contributed by atoms with Crippen LogP contribution in [-0.4, -0.2) is 40.3 Å². The minimum absolute atomic E-state index is 0.311. The van der Waals surface area contributed by atoms with E-state index in [1.54, 1.807) is 31.1 Å². The maximum atomic E-state index is 12.5. The Kier molecular flexibility index (Phi) is 5.30. The van der Waals surface area contributed by atoms with Crippen LogP contribution < -0.4 is 9.54 Å². The number of carbonyl (C=O) groups is 1. The van der Waals surface area contributed by atoms with Crippen LogP contribution in [-0.2, 0) is 18.3 Å². The molecule has 0 saturated carbocycles. The Morgan fingerprint density at radius 2 is 2.24 bits per heavy atom. The number of ether oxygens (including phenoxy) is 2. The summed E-state index contributed by atoms with van der Waals surface area (Å²) in [5, 5.41) is 0. The molecule has 1 aromatic carbocycles. The van der Waals surface area contributed by atoms with E-state index >= 15 is 0 Å². The fourth-order valence-corrected chi connectivity index (χ4v) is 3.57. The third-order valence-electron chi connectivity index (χ3n) is 3.76. The highest BCUT2D eigenvalue weighted by Gasteiger charge is 2.13. The summed E-state index contributed by atoms with van der Waals surface area (Å²) in [6, 6.07) is 5.82. The number of aromatic nitrogens is 3. The Balaban J connectivity index is 2.08. The standard InChI is InChI=1S/C17H20N4O3S/c1-4-24-10-9-21-13-6-5-12(23-3)11-14(13)25-17(21)19-16(22)15-18-7-8-20(15)2/h5-8,11H,4,9-10H2,1-3H3. The molecule has 1 amide bonds. The van der Waals surface area contributed by atoms with Crippen molar-refractivity contribution in [2.24, 2.45) is 12.0 Å². The van der Waals surface area contributed by atoms with Crippen LogP contribution in [0.15, 0.2) is 35.6 Å². The summed E-state index contributed by atoms with van der Waals surface area (Å²) in [6.45, 7) is 3.78. The molecule has 7 nitrogen and oxygen atoms in total. The summed E-state index contributed by atoms with van der Waals surface area (Å²) in [4.78, 5) is 21.5. The monoisotopic (exact) mass is 360 g/mol. The number of aryl methyl sites for hydroxylation is 1. The molecule has 0 saturated heterocycles. The number of hydrogen-bond donors (Lipinski definition) is 0. The molecular weight excluding hydrogens is 340 g/mol. The molecule has 2 aromatic heterocycles. The average Bonchev–Trinajstić information content (AvgIpc) is 3.18. The zero-order chi connectivity index (χ0) is 17.8. The predicted molar refractivity (Wildman–Crippen MR) is 96.0 cm³/mol. The SMILES string of the molecule is CCOCCn1c(=NC(=O)c2nccn2C)sc2cc(OC)ccc21. The van der Waals surface area contributed by atoms with Gasteiger partial charge < -0.3 is 18.6 Å². The molecular formula is C17H20N4O3S. The lowest BCUT2D eigenvalue weighted by molar-refractivity contribution is 0.0984. The molecule has 8 heteroatoms. The minimum Gasteiger partial charge on any atom is -0.497 e. The Bertz CT molecular complexity index is 954. The summed E-state index contributed by atoms with van der Waals surface area (Å²) >= 11 is 1.45. The van der Waals surface area contributed by atoms with Crippen molar-refractivity contribution in [3.05, 3.63) is 41.2 Å². The van der Waals surface area contributed by atoms with Crippen molar-refractivity contribution in [3.8, 4) is 5.75 Å². The van der Waals surface area contributed by atoms with E-state index in [-0.39, 0.29) is 5.91 Å². The molecule has 0 atom stereocenters. The maximum absolute atomic E-state index is 12.5. The van der Waals surface area contributed by atoms with Crippen molar-refractivity contribution in [3.63, 3.8) is 0 Å². The van der Waals surface area contributed by atoms with Crippen molar-refractivity contribution < 1.29 is 14.3 Å². The van der Waals surface area contributed by atoms with Crippen LogP contribution in [0.3, 0.4) is 0 Å². The number of nitrogens with zero attached hydrogens (tertiary/aromatic N) is 4. The maximum Gasteiger partial charge on any atom is 0.315 e. The van der Waals surface area contributed by atoms with Gasteiger partial charge in [0.1, 0.15) is 5.75 Å². The third kappa shape index (κ3) is 3.64. The van der Waals surface area contributed by atoms with Gasteiger partial charge in [-0.1, -0.05) is 11.3 Å². The molecule has 132 valence electrons. The smallest absolute Gasteiger partial charge is 0.315 e. The van der Waals surface area contributed by atoms with Gasteiger partial charge >= 0.3 is 5.91 Å². The second-order valence-electron chi connectivity index (χ2n) is 5.35. The Morgan fingerprint density at radius 3 is 2.92 bits per heavy atom. The van der Waals surface area contributed by atoms with E-state index in [4.69, 9.17) is 9.47 Å². The fourth-order valence-electron chi connectivity index (χ4n) is 2.49. The number of methoxy groups -OCH3 is 1. The number of carbonyl (C=O) groups excluding carboxylic acids is 1. The highest BCUT2D eigenvalue weighted by atomic mass is 32.1. The summed E-state index contributed by atoms with van der Waals surface area (Å²) in [5.41, 5.74) is 0.997. The molecule has 0 unspecified atom stereocenters. The highest BCUT2D eigenvalue weighted by molar-refractivity contribution is 7.16. The van der Waals surface area contributed by atoms with Gasteiger partial charge in [0.2, 0.25) is 5.82 Å². The van der Waals surface area contributed by atoms with Gasteiger partial charge in [0.25, 0.3) is 0 Å². The summed E-state index contributed by atoms with van der Waals surface area (Å²) in [6.07, 6.45) is 3.31. The Morgan fingerprint density at radius 1 is 1.40 bits per heavy atom. The molecule has 25 heavy (non-hydrogen) atoms. The summed E-state index contributed by atoms with van der Waals surface area (Å²) in [7, 11) is 3.41. The zero-order valence-corrected chi connectivity index (χ0v) is 15.2. The van der Waals surface area contributed by atoms with E-state index in [9.17, 15) is 4.79 Å². The molecule has 0 bridgehead atoms. The average molecular weight is 360 g/mol. The van der Waals surface area contributed by atoms with E-state index in [0.29, 0.717) is 30.4 Å². The molecule has 3 aromatic rings. The van der Waals surface area contributed by atoms with Gasteiger partial charge in [-0.15, -0.1) is 0 Å². The van der Waals surface area contributed by atoms with E-state index in [1.165, 1.54) is 11.3 Å². The molecule has 0 aliphatic heterocycles. The van der Waals surface area contributed by atoms with Gasteiger partial charge in [-0.3, -0.25) is 4.79 Å². The van der Waals surface area contributed by atoms with E-state index in [2.05, 4.69) is 9.98 Å². The number of imidazole rings is 1. The molecule has 2 heterocycles. The Labute approximate surface area is 149 Å². The number of benzene rings is 1. The Hall–Kier alpha value is -2.45. The lowest BCUT2D eigenvalue weighted by Crippen LogP contribution is -2.20. The van der Waals surface area contributed by atoms with Gasteiger partial charge in [0, 0.05) is 32.6 Å². The van der Waals surface area contributed by atoms with Crippen LogP contribution in [0.5, 0.6) is 5.75 Å². The third-order valence-corrected chi connectivity index (χ3v) is 4.80. The number of fused-ring (bicyclic) bond motifs is 1. The first kappa shape index (κ1) is 17.4. The fraction of sp³-hybridized carbons (Fsp3) is 0.353. The van der Waals surface area contributed by atoms with E-state index in [0.717, 1.165) is 16.0 Å². The van der Waals surface area contributed by atoms with Crippen molar-refractivity contribution in [2.75, 3.05) is 20.3 Å². The predicted octanol–water partition coefficient (Wildman–Crippen LogP) is 2.22. The van der Waals surface area contributed by atoms with Gasteiger partial charge in [-0.2, -0.15) is 4.99 Å². The molecule has 0 aliphatic carbocycles. The van der Waals surface area contributed by atoms with Crippen molar-refractivity contribution in [1.29, 1.82) is 0 Å². The van der Waals surface area contributed by atoms with Gasteiger partial charge in [0.15, 0.2) is 4.80 Å². The van der Waals surface area contributed by atoms with Crippen LogP contribution >= 0.6 is 11.3 Å². The largest absolute Gasteiger partial charge is 0.497 e. The van der Waals surface area contributed by atoms with Gasteiger partial charge in [-0.25, -0.2) is 4.98 Å². The number of hydrogen-bond acceptors (Lipinski definition) is 5. The van der Waals surface area contributed by atoms with Crippen LogP contribution in [0.25, 0.3) is 10.2 Å². The lowest BCUT2D eigenvalue weighted by atomic mass is 10.3. The number of amides is 1. The first-order valence-corrected chi connectivity index (χ1v) is 8.77. The van der Waals surface area contributed by atoms with E-state index < -0.39 is 0 Å². The molecule has 0 radical (unpaired) electrons. The molecule has 0 aliphatic rings. The van der Waals surface area contributed by atoms with Crippen LogP contribution in [0.2, 0.25) is 0 Å².